The van der Waals surface area contributed by atoms with Crippen molar-refractivity contribution in [2.75, 3.05) is 25.4 Å². The Kier molecular flexibility index (Phi) is 4.23. The molecule has 1 aromatic carbocycles. The van der Waals surface area contributed by atoms with Crippen LogP contribution in [0.5, 0.6) is 0 Å². The number of H-pyrrole nitrogens is 1. The van der Waals surface area contributed by atoms with E-state index in [2.05, 4.69) is 10.2 Å². The van der Waals surface area contributed by atoms with Crippen LogP contribution in [0.1, 0.15) is 18.1 Å². The number of aromatic nitrogens is 2. The molecule has 2 aromatic rings. The lowest BCUT2D eigenvalue weighted by molar-refractivity contribution is -0.128. The van der Waals surface area contributed by atoms with Gasteiger partial charge in [0.25, 0.3) is 0 Å². The Labute approximate surface area is 138 Å². The fourth-order valence-electron chi connectivity index (χ4n) is 3.28. The lowest BCUT2D eigenvalue weighted by Crippen LogP contribution is -2.58. The molecule has 1 fully saturated rings. The molecule has 0 radical (unpaired) electrons. The molecule has 24 heavy (non-hydrogen) atoms. The van der Waals surface area contributed by atoms with E-state index in [9.17, 15) is 13.6 Å². The van der Waals surface area contributed by atoms with Gasteiger partial charge in [-0.2, -0.15) is 5.10 Å². The second kappa shape index (κ2) is 6.20. The zero-order chi connectivity index (χ0) is 17.3. The average molecular weight is 335 g/mol. The van der Waals surface area contributed by atoms with Crippen molar-refractivity contribution in [2.45, 2.75) is 19.0 Å². The van der Waals surface area contributed by atoms with Gasteiger partial charge in [-0.25, -0.2) is 8.78 Å². The maximum atomic E-state index is 13.9. The smallest absolute Gasteiger partial charge is 0.210 e. The van der Waals surface area contributed by atoms with Crippen LogP contribution in [0.25, 0.3) is 0 Å². The first-order chi connectivity index (χ1) is 11.4. The minimum Gasteiger partial charge on any atom is -0.384 e. The van der Waals surface area contributed by atoms with Crippen molar-refractivity contribution >= 4 is 12.2 Å². The molecule has 3 rings (SSSR count). The van der Waals surface area contributed by atoms with Crippen molar-refractivity contribution in [3.05, 3.63) is 47.2 Å². The SMILES string of the molecule is CC1(c2cn[nH]c2N)CN(Cc2cc(F)ccc2F)CCN1C=O. The molecule has 128 valence electrons. The predicted octanol–water partition coefficient (Wildman–Crippen LogP) is 1.46. The van der Waals surface area contributed by atoms with E-state index in [0.717, 1.165) is 18.5 Å². The van der Waals surface area contributed by atoms with Gasteiger partial charge in [0, 0.05) is 37.3 Å². The minimum absolute atomic E-state index is 0.254. The Balaban J connectivity index is 1.86. The summed E-state index contributed by atoms with van der Waals surface area (Å²) < 4.78 is 27.3. The second-order valence-corrected chi connectivity index (χ2v) is 6.22. The lowest BCUT2D eigenvalue weighted by Gasteiger charge is -2.47. The predicted molar refractivity (Wildman–Crippen MR) is 84.8 cm³/mol. The molecule has 8 heteroatoms. The fourth-order valence-corrected chi connectivity index (χ4v) is 3.28. The maximum absolute atomic E-state index is 13.9. The molecule has 2 heterocycles. The quantitative estimate of drug-likeness (QED) is 0.829. The Bertz CT molecular complexity index is 750. The Morgan fingerprint density at radius 3 is 2.88 bits per heavy atom. The number of rotatable bonds is 4. The van der Waals surface area contributed by atoms with Crippen LogP contribution in [-0.2, 0) is 16.9 Å². The monoisotopic (exact) mass is 335 g/mol. The molecule has 1 atom stereocenters. The van der Waals surface area contributed by atoms with Gasteiger partial charge in [-0.1, -0.05) is 0 Å². The molecular weight excluding hydrogens is 316 g/mol. The number of nitrogens with one attached hydrogen (secondary N) is 1. The molecule has 3 N–H and O–H groups in total. The van der Waals surface area contributed by atoms with E-state index in [-0.39, 0.29) is 12.1 Å². The summed E-state index contributed by atoms with van der Waals surface area (Å²) in [6.07, 6.45) is 2.38. The van der Waals surface area contributed by atoms with E-state index in [1.54, 1.807) is 11.1 Å². The average Bonchev–Trinajstić information content (AvgIpc) is 2.98. The third-order valence-corrected chi connectivity index (χ3v) is 4.60. The first-order valence-corrected chi connectivity index (χ1v) is 7.61. The molecule has 0 bridgehead atoms. The summed E-state index contributed by atoms with van der Waals surface area (Å²) >= 11 is 0. The Morgan fingerprint density at radius 1 is 1.42 bits per heavy atom. The van der Waals surface area contributed by atoms with Crippen molar-refractivity contribution in [1.29, 1.82) is 0 Å². The van der Waals surface area contributed by atoms with Gasteiger partial charge in [-0.3, -0.25) is 14.8 Å². The van der Waals surface area contributed by atoms with Gasteiger partial charge in [0.2, 0.25) is 6.41 Å². The van der Waals surface area contributed by atoms with Gasteiger partial charge in [-0.15, -0.1) is 0 Å². The number of benzene rings is 1. The zero-order valence-electron chi connectivity index (χ0n) is 13.3. The first kappa shape index (κ1) is 16.4. The summed E-state index contributed by atoms with van der Waals surface area (Å²) in [5.41, 5.74) is 6.23. The van der Waals surface area contributed by atoms with Crippen LogP contribution in [-0.4, -0.2) is 46.0 Å². The standard InChI is InChI=1S/C16H19F2N5O/c1-16(13-7-20-21-15(13)19)9-22(4-5-23(16)10-24)8-11-6-12(17)2-3-14(11)18/h2-3,6-7,10H,4-5,8-9H2,1H3,(H3,19,20,21). The number of nitrogen functional groups attached to an aromatic ring is 1. The fraction of sp³-hybridized carbons (Fsp3) is 0.375. The van der Waals surface area contributed by atoms with Crippen LogP contribution < -0.4 is 5.73 Å². The van der Waals surface area contributed by atoms with Crippen LogP contribution in [0.4, 0.5) is 14.6 Å². The Hall–Kier alpha value is -2.48. The molecule has 0 spiro atoms. The molecule has 0 aliphatic carbocycles. The number of nitrogens with two attached hydrogens (primary N) is 1. The molecule has 1 saturated heterocycles. The molecule has 1 aliphatic rings. The summed E-state index contributed by atoms with van der Waals surface area (Å²) in [7, 11) is 0. The van der Waals surface area contributed by atoms with Crippen LogP contribution in [0.15, 0.2) is 24.4 Å². The summed E-state index contributed by atoms with van der Waals surface area (Å²) in [5, 5.41) is 6.60. The van der Waals surface area contributed by atoms with Crippen molar-refractivity contribution in [3.8, 4) is 0 Å². The maximum Gasteiger partial charge on any atom is 0.210 e. The van der Waals surface area contributed by atoms with Crippen molar-refractivity contribution in [2.24, 2.45) is 0 Å². The van der Waals surface area contributed by atoms with Crippen molar-refractivity contribution in [1.82, 2.24) is 20.0 Å². The number of nitrogens with zero attached hydrogens (tertiary/aromatic N) is 3. The van der Waals surface area contributed by atoms with E-state index in [1.165, 1.54) is 6.07 Å². The summed E-state index contributed by atoms with van der Waals surface area (Å²) in [6, 6.07) is 3.42. The molecule has 6 nitrogen and oxygen atoms in total. The molecular formula is C16H19F2N5O. The highest BCUT2D eigenvalue weighted by Gasteiger charge is 2.40. The topological polar surface area (TPSA) is 78.2 Å². The van der Waals surface area contributed by atoms with Gasteiger partial charge >= 0.3 is 0 Å². The summed E-state index contributed by atoms with van der Waals surface area (Å²) in [5.74, 6) is -0.526. The van der Waals surface area contributed by atoms with Gasteiger partial charge < -0.3 is 10.6 Å². The number of carbonyl (C=O) groups excluding carboxylic acids is 1. The normalized spacial score (nSPS) is 21.9. The summed E-state index contributed by atoms with van der Waals surface area (Å²) in [4.78, 5) is 15.1. The molecule has 1 aliphatic heterocycles. The van der Waals surface area contributed by atoms with Crippen LogP contribution in [0, 0.1) is 11.6 Å². The van der Waals surface area contributed by atoms with Crippen molar-refractivity contribution in [3.63, 3.8) is 0 Å². The number of halogens is 2. The zero-order valence-corrected chi connectivity index (χ0v) is 13.3. The molecule has 1 aromatic heterocycles. The van der Waals surface area contributed by atoms with Gasteiger partial charge in [0.1, 0.15) is 17.5 Å². The number of hydrogen-bond acceptors (Lipinski definition) is 4. The van der Waals surface area contributed by atoms with Crippen LogP contribution >= 0.6 is 0 Å². The number of carbonyl (C=O) groups is 1. The van der Waals surface area contributed by atoms with Gasteiger partial charge in [0.05, 0.1) is 11.7 Å². The van der Waals surface area contributed by atoms with Gasteiger partial charge in [-0.05, 0) is 25.1 Å². The Morgan fingerprint density at radius 2 is 2.21 bits per heavy atom. The van der Waals surface area contributed by atoms with Crippen LogP contribution in [0.3, 0.4) is 0 Å². The highest BCUT2D eigenvalue weighted by molar-refractivity contribution is 5.54. The first-order valence-electron chi connectivity index (χ1n) is 7.61. The van der Waals surface area contributed by atoms with Crippen molar-refractivity contribution < 1.29 is 13.6 Å². The third kappa shape index (κ3) is 2.84. The largest absolute Gasteiger partial charge is 0.384 e. The van der Waals surface area contributed by atoms with E-state index in [4.69, 9.17) is 5.73 Å². The highest BCUT2D eigenvalue weighted by atomic mass is 19.1. The number of piperazine rings is 1. The van der Waals surface area contributed by atoms with Gasteiger partial charge in [0.15, 0.2) is 0 Å². The number of aromatic amines is 1. The van der Waals surface area contributed by atoms with E-state index >= 15 is 0 Å². The minimum atomic E-state index is -0.694. The third-order valence-electron chi connectivity index (χ3n) is 4.60. The lowest BCUT2D eigenvalue weighted by atomic mass is 9.89. The van der Waals surface area contributed by atoms with Crippen LogP contribution in [0.2, 0.25) is 0 Å². The van der Waals surface area contributed by atoms with E-state index in [0.29, 0.717) is 31.0 Å². The van der Waals surface area contributed by atoms with E-state index < -0.39 is 17.2 Å². The molecule has 1 unspecified atom stereocenters. The number of anilines is 1. The van der Waals surface area contributed by atoms with E-state index in [1.807, 2.05) is 11.8 Å². The molecule has 0 saturated carbocycles. The number of amides is 1. The summed E-state index contributed by atoms with van der Waals surface area (Å²) in [6.45, 7) is 3.59. The molecule has 1 amide bonds. The highest BCUT2D eigenvalue weighted by Crippen LogP contribution is 2.34. The second-order valence-electron chi connectivity index (χ2n) is 6.22. The number of hydrogen-bond donors (Lipinski definition) is 2.